The second-order valence-corrected chi connectivity index (χ2v) is 7.80. The van der Waals surface area contributed by atoms with Crippen LogP contribution in [-0.4, -0.2) is 41.4 Å². The monoisotopic (exact) mass is 378 g/mol. The average molecular weight is 379 g/mol. The molecule has 5 nitrogen and oxygen atoms in total. The molecule has 0 aromatic carbocycles. The van der Waals surface area contributed by atoms with E-state index in [1.807, 2.05) is 44.2 Å². The van der Waals surface area contributed by atoms with Crippen molar-refractivity contribution in [2.45, 2.75) is 40.2 Å². The molecule has 1 saturated heterocycles. The number of carbonyl (C=O) groups is 1. The Morgan fingerprint density at radius 3 is 2.89 bits per heavy atom. The van der Waals surface area contributed by atoms with Gasteiger partial charge in [-0.25, -0.2) is 4.98 Å². The summed E-state index contributed by atoms with van der Waals surface area (Å²) >= 11 is 0. The minimum Gasteiger partial charge on any atom is -0.354 e. The lowest BCUT2D eigenvalue weighted by molar-refractivity contribution is 0.103. The van der Waals surface area contributed by atoms with Crippen LogP contribution >= 0.6 is 0 Å². The first-order valence-electron chi connectivity index (χ1n) is 10.1. The van der Waals surface area contributed by atoms with E-state index in [1.165, 1.54) is 0 Å². The van der Waals surface area contributed by atoms with E-state index in [9.17, 15) is 4.79 Å². The molecule has 1 atom stereocenters. The SMILES string of the molecule is C/C=C/c1ccc(N2CCN[C@@H](CC(C)C)C2)nc1C(=O)c1cccnc1C. The summed E-state index contributed by atoms with van der Waals surface area (Å²) in [4.78, 5) is 24.6. The van der Waals surface area contributed by atoms with Gasteiger partial charge in [-0.1, -0.05) is 26.0 Å². The second-order valence-electron chi connectivity index (χ2n) is 7.80. The lowest BCUT2D eigenvalue weighted by atomic mass is 10.0. The van der Waals surface area contributed by atoms with E-state index in [0.717, 1.165) is 43.1 Å². The number of carbonyl (C=O) groups excluding carboxylic acids is 1. The van der Waals surface area contributed by atoms with Crippen molar-refractivity contribution in [2.24, 2.45) is 5.92 Å². The second kappa shape index (κ2) is 9.11. The van der Waals surface area contributed by atoms with Crippen LogP contribution in [0.5, 0.6) is 0 Å². The zero-order valence-electron chi connectivity index (χ0n) is 17.3. The molecule has 0 bridgehead atoms. The Morgan fingerprint density at radius 1 is 1.36 bits per heavy atom. The number of nitrogens with one attached hydrogen (secondary N) is 1. The van der Waals surface area contributed by atoms with Crippen molar-refractivity contribution in [3.8, 4) is 0 Å². The maximum Gasteiger partial charge on any atom is 0.213 e. The molecular weight excluding hydrogens is 348 g/mol. The Kier molecular flexibility index (Phi) is 6.57. The third kappa shape index (κ3) is 4.65. The number of ketones is 1. The topological polar surface area (TPSA) is 58.1 Å². The van der Waals surface area contributed by atoms with Gasteiger partial charge in [0.05, 0.1) is 0 Å². The molecule has 0 aliphatic carbocycles. The van der Waals surface area contributed by atoms with Crippen molar-refractivity contribution in [1.82, 2.24) is 15.3 Å². The fourth-order valence-corrected chi connectivity index (χ4v) is 3.74. The van der Waals surface area contributed by atoms with Crippen LogP contribution in [0.3, 0.4) is 0 Å². The molecule has 0 amide bonds. The average Bonchev–Trinajstić information content (AvgIpc) is 2.68. The third-order valence-electron chi connectivity index (χ3n) is 5.06. The lowest BCUT2D eigenvalue weighted by Gasteiger charge is -2.35. The fraction of sp³-hybridized carbons (Fsp3) is 0.435. The van der Waals surface area contributed by atoms with E-state index in [4.69, 9.17) is 4.98 Å². The summed E-state index contributed by atoms with van der Waals surface area (Å²) in [7, 11) is 0. The van der Waals surface area contributed by atoms with E-state index in [-0.39, 0.29) is 5.78 Å². The van der Waals surface area contributed by atoms with Gasteiger partial charge in [0.1, 0.15) is 11.5 Å². The van der Waals surface area contributed by atoms with Crippen LogP contribution in [0.2, 0.25) is 0 Å². The van der Waals surface area contributed by atoms with Gasteiger partial charge in [-0.2, -0.15) is 0 Å². The number of hydrogen-bond acceptors (Lipinski definition) is 5. The Bertz CT molecular complexity index is 859. The zero-order valence-corrected chi connectivity index (χ0v) is 17.3. The summed E-state index contributed by atoms with van der Waals surface area (Å²) in [6.45, 7) is 11.0. The molecule has 28 heavy (non-hydrogen) atoms. The van der Waals surface area contributed by atoms with Gasteiger partial charge in [0.15, 0.2) is 0 Å². The Balaban J connectivity index is 1.94. The summed E-state index contributed by atoms with van der Waals surface area (Å²) in [5.41, 5.74) is 2.67. The molecule has 3 rings (SSSR count). The zero-order chi connectivity index (χ0) is 20.1. The Labute approximate surface area is 167 Å². The molecule has 0 saturated carbocycles. The van der Waals surface area contributed by atoms with Crippen LogP contribution in [-0.2, 0) is 0 Å². The van der Waals surface area contributed by atoms with Gasteiger partial charge < -0.3 is 10.2 Å². The van der Waals surface area contributed by atoms with Crippen molar-refractivity contribution in [3.05, 3.63) is 59.1 Å². The molecule has 2 aromatic heterocycles. The smallest absolute Gasteiger partial charge is 0.213 e. The minimum atomic E-state index is -0.0746. The first-order chi connectivity index (χ1) is 13.5. The number of aryl methyl sites for hydroxylation is 1. The van der Waals surface area contributed by atoms with Crippen molar-refractivity contribution in [2.75, 3.05) is 24.5 Å². The van der Waals surface area contributed by atoms with Crippen molar-refractivity contribution < 1.29 is 4.79 Å². The van der Waals surface area contributed by atoms with E-state index < -0.39 is 0 Å². The molecule has 0 spiro atoms. The third-order valence-corrected chi connectivity index (χ3v) is 5.06. The standard InChI is InChI=1S/C23H30N4O/c1-5-7-18-9-10-21(27-13-12-25-19(15-27)14-16(2)3)26-22(18)23(28)20-8-6-11-24-17(20)4/h5-11,16,19,25H,12-15H2,1-4H3/b7-5+/t19-/m0/s1. The van der Waals surface area contributed by atoms with Crippen molar-refractivity contribution in [3.63, 3.8) is 0 Å². The van der Waals surface area contributed by atoms with Crippen molar-refractivity contribution in [1.29, 1.82) is 0 Å². The minimum absolute atomic E-state index is 0.0746. The van der Waals surface area contributed by atoms with Crippen molar-refractivity contribution >= 4 is 17.7 Å². The van der Waals surface area contributed by atoms with E-state index in [2.05, 4.69) is 29.0 Å². The lowest BCUT2D eigenvalue weighted by Crippen LogP contribution is -2.51. The van der Waals surface area contributed by atoms with Gasteiger partial charge in [0.25, 0.3) is 0 Å². The molecule has 0 unspecified atom stereocenters. The van der Waals surface area contributed by atoms with Crippen LogP contribution in [0.1, 0.15) is 54.5 Å². The quantitative estimate of drug-likeness (QED) is 0.773. The highest BCUT2D eigenvalue weighted by Crippen LogP contribution is 2.22. The number of pyridine rings is 2. The predicted octanol–water partition coefficient (Wildman–Crippen LogP) is 3.87. The fourth-order valence-electron chi connectivity index (χ4n) is 3.74. The predicted molar refractivity (Wildman–Crippen MR) is 115 cm³/mol. The summed E-state index contributed by atoms with van der Waals surface area (Å²) in [6.07, 6.45) is 6.72. The molecular formula is C23H30N4O. The van der Waals surface area contributed by atoms with Gasteiger partial charge >= 0.3 is 0 Å². The van der Waals surface area contributed by atoms with Crippen LogP contribution in [0.15, 0.2) is 36.5 Å². The molecule has 5 heteroatoms. The van der Waals surface area contributed by atoms with E-state index in [0.29, 0.717) is 23.2 Å². The maximum atomic E-state index is 13.2. The summed E-state index contributed by atoms with van der Waals surface area (Å²) in [6, 6.07) is 8.10. The molecule has 1 N–H and O–H groups in total. The largest absolute Gasteiger partial charge is 0.354 e. The first kappa shape index (κ1) is 20.2. The van der Waals surface area contributed by atoms with Gasteiger partial charge in [0, 0.05) is 48.7 Å². The van der Waals surface area contributed by atoms with E-state index >= 15 is 0 Å². The first-order valence-corrected chi connectivity index (χ1v) is 10.1. The number of allylic oxidation sites excluding steroid dienone is 1. The van der Waals surface area contributed by atoms with Crippen LogP contribution < -0.4 is 10.2 Å². The highest BCUT2D eigenvalue weighted by molar-refractivity contribution is 6.10. The van der Waals surface area contributed by atoms with Crippen LogP contribution in [0.4, 0.5) is 5.82 Å². The number of anilines is 1. The van der Waals surface area contributed by atoms with Crippen LogP contribution in [0.25, 0.3) is 6.08 Å². The van der Waals surface area contributed by atoms with Gasteiger partial charge in [-0.15, -0.1) is 0 Å². The molecule has 0 radical (unpaired) electrons. The Hall–Kier alpha value is -2.53. The normalized spacial score (nSPS) is 17.5. The Morgan fingerprint density at radius 2 is 2.18 bits per heavy atom. The number of hydrogen-bond donors (Lipinski definition) is 1. The molecule has 1 aliphatic heterocycles. The van der Waals surface area contributed by atoms with Crippen LogP contribution in [0, 0.1) is 12.8 Å². The molecule has 1 aliphatic rings. The number of nitrogens with zero attached hydrogens (tertiary/aromatic N) is 3. The number of aromatic nitrogens is 2. The van der Waals surface area contributed by atoms with Gasteiger partial charge in [-0.3, -0.25) is 9.78 Å². The molecule has 1 fully saturated rings. The summed E-state index contributed by atoms with van der Waals surface area (Å²) in [5, 5.41) is 3.60. The van der Waals surface area contributed by atoms with E-state index in [1.54, 1.807) is 12.3 Å². The summed E-state index contributed by atoms with van der Waals surface area (Å²) in [5.74, 6) is 1.44. The molecule has 3 heterocycles. The number of piperazine rings is 1. The number of rotatable bonds is 6. The maximum absolute atomic E-state index is 13.2. The summed E-state index contributed by atoms with van der Waals surface area (Å²) < 4.78 is 0. The molecule has 148 valence electrons. The van der Waals surface area contributed by atoms with Gasteiger partial charge in [-0.05, 0) is 50.5 Å². The highest BCUT2D eigenvalue weighted by atomic mass is 16.1. The highest BCUT2D eigenvalue weighted by Gasteiger charge is 2.23. The molecule has 2 aromatic rings. The van der Waals surface area contributed by atoms with Gasteiger partial charge in [0.2, 0.25) is 5.78 Å².